The van der Waals surface area contributed by atoms with Gasteiger partial charge in [0.05, 0.1) is 6.10 Å². The van der Waals surface area contributed by atoms with Crippen molar-refractivity contribution in [2.24, 2.45) is 16.7 Å². The molecule has 3 aliphatic carbocycles. The number of aliphatic hydroxyl groups is 2. The first kappa shape index (κ1) is 16.2. The minimum absolute atomic E-state index is 0.0530. The van der Waals surface area contributed by atoms with Gasteiger partial charge in [-0.05, 0) is 75.5 Å². The summed E-state index contributed by atoms with van der Waals surface area (Å²) in [6.45, 7) is 5.49. The zero-order valence-corrected chi connectivity index (χ0v) is 14.2. The molecule has 124 valence electrons. The molecule has 0 radical (unpaired) electrons. The fourth-order valence-electron chi connectivity index (χ4n) is 5.01. The molecule has 0 amide bonds. The Morgan fingerprint density at radius 1 is 1.36 bits per heavy atom. The summed E-state index contributed by atoms with van der Waals surface area (Å²) < 4.78 is 0. The highest BCUT2D eigenvalue weighted by Gasteiger charge is 2.57. The van der Waals surface area contributed by atoms with Crippen molar-refractivity contribution in [3.63, 3.8) is 0 Å². The van der Waals surface area contributed by atoms with Gasteiger partial charge in [0.25, 0.3) is 0 Å². The van der Waals surface area contributed by atoms with E-state index in [9.17, 15) is 15.0 Å². The van der Waals surface area contributed by atoms with E-state index < -0.39 is 5.60 Å². The van der Waals surface area contributed by atoms with Crippen LogP contribution in [0.2, 0.25) is 0 Å². The van der Waals surface area contributed by atoms with E-state index in [4.69, 9.17) is 0 Å². The average Bonchev–Trinajstić information content (AvgIpc) is 3.11. The minimum atomic E-state index is -1.21. The quantitative estimate of drug-likeness (QED) is 0.766. The maximum Gasteiger partial charge on any atom is 0.163 e. The summed E-state index contributed by atoms with van der Waals surface area (Å²) >= 11 is 0. The smallest absolute Gasteiger partial charge is 0.163 e. The summed E-state index contributed by atoms with van der Waals surface area (Å²) in [6.07, 6.45) is 10.1. The molecule has 0 aromatic rings. The third-order valence-electron chi connectivity index (χ3n) is 6.61. The Balaban J connectivity index is 1.72. The summed E-state index contributed by atoms with van der Waals surface area (Å²) in [5.74, 6) is 0.321. The van der Waals surface area contributed by atoms with Crippen LogP contribution in [0.4, 0.5) is 0 Å². The van der Waals surface area contributed by atoms with Crippen molar-refractivity contribution < 1.29 is 15.0 Å². The highest BCUT2D eigenvalue weighted by Crippen LogP contribution is 2.66. The number of allylic oxidation sites excluding steroid dienone is 2. The molecule has 0 heterocycles. The fraction of sp³-hybridized carbons (Fsp3) is 0.842. The molecule has 3 heteroatoms. The number of hydrogen-bond acceptors (Lipinski definition) is 3. The molecular weight excluding hydrogens is 276 g/mol. The second-order valence-electron chi connectivity index (χ2n) is 8.60. The van der Waals surface area contributed by atoms with Crippen molar-refractivity contribution >= 4 is 5.78 Å². The lowest BCUT2D eigenvalue weighted by Crippen LogP contribution is -2.40. The molecule has 22 heavy (non-hydrogen) atoms. The number of rotatable bonds is 5. The Labute approximate surface area is 133 Å². The lowest BCUT2D eigenvalue weighted by atomic mass is 9.62. The summed E-state index contributed by atoms with van der Waals surface area (Å²) in [5.41, 5.74) is 0.619. The van der Waals surface area contributed by atoms with Crippen LogP contribution in [0.3, 0.4) is 0 Å². The molecular formula is C19H30O3. The number of ketones is 1. The van der Waals surface area contributed by atoms with Crippen molar-refractivity contribution in [3.8, 4) is 0 Å². The Kier molecular flexibility index (Phi) is 3.81. The van der Waals surface area contributed by atoms with Crippen LogP contribution in [0.15, 0.2) is 11.6 Å². The van der Waals surface area contributed by atoms with Gasteiger partial charge in [-0.1, -0.05) is 18.6 Å². The van der Waals surface area contributed by atoms with Crippen molar-refractivity contribution in [2.75, 3.05) is 0 Å². The second-order valence-corrected chi connectivity index (χ2v) is 8.60. The van der Waals surface area contributed by atoms with E-state index in [1.165, 1.54) is 12.0 Å². The highest BCUT2D eigenvalue weighted by atomic mass is 16.3. The standard InChI is InChI=1S/C19H30O3/c1-17(2,22)16(21)8-10-19(11-12-19)15-7-6-13-14(20)5-4-9-18(13,15)3/h7,13-14,20,22H,4-6,8-12H2,1-3H3/t13-,14-,18-/m0/s1. The highest BCUT2D eigenvalue weighted by molar-refractivity contribution is 5.86. The van der Waals surface area contributed by atoms with E-state index >= 15 is 0 Å². The summed E-state index contributed by atoms with van der Waals surface area (Å²) in [4.78, 5) is 12.1. The number of fused-ring (bicyclic) bond motifs is 1. The summed E-state index contributed by atoms with van der Waals surface area (Å²) in [5, 5.41) is 20.2. The molecule has 0 unspecified atom stereocenters. The third kappa shape index (κ3) is 2.56. The largest absolute Gasteiger partial charge is 0.393 e. The number of Topliss-reactive ketones (excluding diaryl/α,β-unsaturated/α-hetero) is 1. The Morgan fingerprint density at radius 2 is 2.05 bits per heavy atom. The number of carbonyl (C=O) groups is 1. The van der Waals surface area contributed by atoms with Gasteiger partial charge in [-0.2, -0.15) is 0 Å². The van der Waals surface area contributed by atoms with E-state index in [0.29, 0.717) is 12.3 Å². The van der Waals surface area contributed by atoms with Gasteiger partial charge < -0.3 is 10.2 Å². The van der Waals surface area contributed by atoms with Crippen molar-refractivity contribution in [1.82, 2.24) is 0 Å². The normalized spacial score (nSPS) is 36.7. The van der Waals surface area contributed by atoms with Gasteiger partial charge in [0.15, 0.2) is 5.78 Å². The maximum absolute atomic E-state index is 12.1. The first-order valence-electron chi connectivity index (χ1n) is 8.84. The number of carbonyl (C=O) groups excluding carboxylic acids is 1. The molecule has 3 nitrogen and oxygen atoms in total. The molecule has 3 atom stereocenters. The van der Waals surface area contributed by atoms with Gasteiger partial charge in [-0.3, -0.25) is 4.79 Å². The van der Waals surface area contributed by atoms with Crippen LogP contribution in [0.25, 0.3) is 0 Å². The molecule has 3 rings (SSSR count). The van der Waals surface area contributed by atoms with Crippen LogP contribution in [0.1, 0.15) is 72.1 Å². The van der Waals surface area contributed by atoms with Gasteiger partial charge in [0.1, 0.15) is 5.60 Å². The maximum atomic E-state index is 12.1. The summed E-state index contributed by atoms with van der Waals surface area (Å²) in [6, 6.07) is 0. The minimum Gasteiger partial charge on any atom is -0.393 e. The fourth-order valence-corrected chi connectivity index (χ4v) is 5.01. The Hall–Kier alpha value is -0.670. The molecule has 3 aliphatic rings. The predicted octanol–water partition coefficient (Wildman–Crippen LogP) is 3.38. The predicted molar refractivity (Wildman–Crippen MR) is 86.4 cm³/mol. The van der Waals surface area contributed by atoms with Crippen LogP contribution >= 0.6 is 0 Å². The van der Waals surface area contributed by atoms with E-state index in [0.717, 1.165) is 38.5 Å². The van der Waals surface area contributed by atoms with Crippen LogP contribution in [0.5, 0.6) is 0 Å². The van der Waals surface area contributed by atoms with Crippen LogP contribution in [-0.2, 0) is 4.79 Å². The molecule has 2 saturated carbocycles. The van der Waals surface area contributed by atoms with Gasteiger partial charge in [0, 0.05) is 6.42 Å². The Morgan fingerprint density at radius 3 is 2.64 bits per heavy atom. The molecule has 0 aromatic heterocycles. The lowest BCUT2D eigenvalue weighted by molar-refractivity contribution is -0.134. The number of aliphatic hydroxyl groups excluding tert-OH is 1. The molecule has 2 fully saturated rings. The van der Waals surface area contributed by atoms with Crippen molar-refractivity contribution in [1.29, 1.82) is 0 Å². The topological polar surface area (TPSA) is 57.5 Å². The van der Waals surface area contributed by atoms with Crippen LogP contribution in [0, 0.1) is 16.7 Å². The van der Waals surface area contributed by atoms with Crippen molar-refractivity contribution in [3.05, 3.63) is 11.6 Å². The van der Waals surface area contributed by atoms with E-state index in [-0.39, 0.29) is 22.7 Å². The Bertz CT molecular complexity index is 495. The van der Waals surface area contributed by atoms with Gasteiger partial charge in [-0.25, -0.2) is 0 Å². The van der Waals surface area contributed by atoms with Crippen LogP contribution < -0.4 is 0 Å². The zero-order chi connectivity index (χ0) is 16.2. The molecule has 0 spiro atoms. The first-order valence-corrected chi connectivity index (χ1v) is 8.84. The lowest BCUT2D eigenvalue weighted by Gasteiger charge is -2.44. The monoisotopic (exact) mass is 306 g/mol. The van der Waals surface area contributed by atoms with E-state index in [1.54, 1.807) is 13.8 Å². The first-order chi connectivity index (χ1) is 10.2. The second kappa shape index (κ2) is 5.17. The van der Waals surface area contributed by atoms with E-state index in [1.807, 2.05) is 0 Å². The van der Waals surface area contributed by atoms with Gasteiger partial charge in [0.2, 0.25) is 0 Å². The molecule has 0 aliphatic heterocycles. The van der Waals surface area contributed by atoms with Gasteiger partial charge >= 0.3 is 0 Å². The zero-order valence-electron chi connectivity index (χ0n) is 14.2. The van der Waals surface area contributed by atoms with Gasteiger partial charge in [-0.15, -0.1) is 0 Å². The summed E-state index contributed by atoms with van der Waals surface area (Å²) in [7, 11) is 0. The molecule has 0 aromatic carbocycles. The molecule has 0 bridgehead atoms. The average molecular weight is 306 g/mol. The van der Waals surface area contributed by atoms with Crippen LogP contribution in [-0.4, -0.2) is 27.7 Å². The third-order valence-corrected chi connectivity index (χ3v) is 6.61. The van der Waals surface area contributed by atoms with E-state index in [2.05, 4.69) is 13.0 Å². The SMILES string of the molecule is CC(C)(O)C(=O)CCC1(C2=CC[C@H]3[C@@H](O)CCC[C@]23C)CC1. The molecule has 0 saturated heterocycles. The number of hydrogen-bond donors (Lipinski definition) is 2. The molecule has 2 N–H and O–H groups in total. The van der Waals surface area contributed by atoms with Crippen molar-refractivity contribution in [2.45, 2.75) is 83.8 Å².